The number of carbonyl (C=O) groups is 1. The predicted octanol–water partition coefficient (Wildman–Crippen LogP) is 17.9. The van der Waals surface area contributed by atoms with E-state index in [1.165, 1.54) is 167 Å². The zero-order valence-corrected chi connectivity index (χ0v) is 40.4. The van der Waals surface area contributed by atoms with Crippen LogP contribution in [-0.2, 0) is 14.3 Å². The third-order valence-corrected chi connectivity index (χ3v) is 11.2. The smallest absolute Gasteiger partial charge is 0.306 e. The molecule has 0 bridgehead atoms. The summed E-state index contributed by atoms with van der Waals surface area (Å²) in [4.78, 5) is 12.3. The van der Waals surface area contributed by atoms with Crippen LogP contribution in [-0.4, -0.2) is 37.0 Å². The summed E-state index contributed by atoms with van der Waals surface area (Å²) in [6, 6.07) is 0. The summed E-state index contributed by atoms with van der Waals surface area (Å²) in [7, 11) is 0. The number of hydrogen-bond donors (Lipinski definition) is 1. The van der Waals surface area contributed by atoms with Gasteiger partial charge in [-0.15, -0.1) is 0 Å². The van der Waals surface area contributed by atoms with Crippen LogP contribution in [0, 0.1) is 0 Å². The largest absolute Gasteiger partial charge is 0.457 e. The van der Waals surface area contributed by atoms with Crippen LogP contribution in [0.15, 0.2) is 85.1 Å². The van der Waals surface area contributed by atoms with Gasteiger partial charge in [-0.05, 0) is 89.9 Å². The topological polar surface area (TPSA) is 55.8 Å². The van der Waals surface area contributed by atoms with E-state index in [4.69, 9.17) is 9.47 Å². The highest BCUT2D eigenvalue weighted by Gasteiger charge is 2.13. The first kappa shape index (κ1) is 58.6. The number of unbranched alkanes of at least 4 members (excludes halogenated alkanes) is 26. The first-order valence-corrected chi connectivity index (χ1v) is 26.2. The molecule has 0 saturated carbocycles. The Hall–Kier alpha value is -2.43. The molecule has 1 atom stereocenters. The molecule has 1 unspecified atom stereocenters. The van der Waals surface area contributed by atoms with Crippen LogP contribution < -0.4 is 0 Å². The molecule has 0 aromatic carbocycles. The Bertz CT molecular complexity index is 1080. The van der Waals surface area contributed by atoms with Gasteiger partial charge in [0.2, 0.25) is 0 Å². The highest BCUT2D eigenvalue weighted by atomic mass is 16.6. The van der Waals surface area contributed by atoms with E-state index < -0.39 is 6.10 Å². The normalized spacial score (nSPS) is 13.0. The minimum absolute atomic E-state index is 0.177. The summed E-state index contributed by atoms with van der Waals surface area (Å²) in [6.07, 6.45) is 75.3. The van der Waals surface area contributed by atoms with Crippen LogP contribution in [0.5, 0.6) is 0 Å². The molecule has 0 saturated heterocycles. The molecule has 0 aromatic heterocycles. The molecule has 0 fully saturated rings. The molecule has 1 N–H and O–H groups in total. The zero-order valence-electron chi connectivity index (χ0n) is 40.4. The maximum atomic E-state index is 12.3. The van der Waals surface area contributed by atoms with E-state index in [2.05, 4.69) is 98.9 Å². The van der Waals surface area contributed by atoms with Crippen molar-refractivity contribution in [3.05, 3.63) is 85.1 Å². The lowest BCUT2D eigenvalue weighted by atomic mass is 10.0. The van der Waals surface area contributed by atoms with Gasteiger partial charge in [0, 0.05) is 13.0 Å². The molecule has 0 radical (unpaired) electrons. The molecule has 4 nitrogen and oxygen atoms in total. The summed E-state index contributed by atoms with van der Waals surface area (Å²) in [5.41, 5.74) is 0. The minimum atomic E-state index is -0.543. The molecular formula is C57H100O4. The third-order valence-electron chi connectivity index (χ3n) is 11.2. The van der Waals surface area contributed by atoms with E-state index in [-0.39, 0.29) is 19.2 Å². The van der Waals surface area contributed by atoms with Crippen LogP contribution in [0.2, 0.25) is 0 Å². The molecule has 0 aliphatic carbocycles. The quantitative estimate of drug-likeness (QED) is 0.0376. The number of ether oxygens (including phenoxy) is 2. The van der Waals surface area contributed by atoms with Gasteiger partial charge in [0.25, 0.3) is 0 Å². The van der Waals surface area contributed by atoms with Gasteiger partial charge in [0.15, 0.2) is 0 Å². The molecule has 0 aliphatic rings. The molecule has 0 heterocycles. The van der Waals surface area contributed by atoms with Gasteiger partial charge in [-0.25, -0.2) is 0 Å². The summed E-state index contributed by atoms with van der Waals surface area (Å²) in [6.45, 7) is 5.22. The number of rotatable bonds is 48. The fourth-order valence-corrected chi connectivity index (χ4v) is 7.33. The second-order valence-electron chi connectivity index (χ2n) is 17.2. The average Bonchev–Trinajstić information content (AvgIpc) is 3.27. The van der Waals surface area contributed by atoms with Crippen molar-refractivity contribution in [3.63, 3.8) is 0 Å². The number of hydrogen-bond acceptors (Lipinski definition) is 4. The zero-order chi connectivity index (χ0) is 44.0. The minimum Gasteiger partial charge on any atom is -0.457 e. The predicted molar refractivity (Wildman–Crippen MR) is 269 cm³/mol. The molecule has 0 rings (SSSR count). The molecule has 61 heavy (non-hydrogen) atoms. The van der Waals surface area contributed by atoms with Crippen molar-refractivity contribution in [3.8, 4) is 0 Å². The van der Waals surface area contributed by atoms with Gasteiger partial charge in [-0.1, -0.05) is 234 Å². The fourth-order valence-electron chi connectivity index (χ4n) is 7.33. The van der Waals surface area contributed by atoms with Crippen molar-refractivity contribution in [2.24, 2.45) is 0 Å². The summed E-state index contributed by atoms with van der Waals surface area (Å²) < 4.78 is 11.2. The lowest BCUT2D eigenvalue weighted by Crippen LogP contribution is -2.27. The van der Waals surface area contributed by atoms with Crippen LogP contribution in [0.4, 0.5) is 0 Å². The van der Waals surface area contributed by atoms with E-state index in [0.717, 1.165) is 57.8 Å². The fraction of sp³-hybridized carbons (Fsp3) is 0.737. The van der Waals surface area contributed by atoms with E-state index in [1.807, 2.05) is 0 Å². The number of esters is 1. The van der Waals surface area contributed by atoms with Gasteiger partial charge in [-0.3, -0.25) is 4.79 Å². The third kappa shape index (κ3) is 51.8. The molecule has 4 heteroatoms. The monoisotopic (exact) mass is 849 g/mol. The lowest BCUT2D eigenvalue weighted by molar-refractivity contribution is -0.154. The van der Waals surface area contributed by atoms with Crippen LogP contribution in [0.3, 0.4) is 0 Å². The van der Waals surface area contributed by atoms with Crippen molar-refractivity contribution in [1.29, 1.82) is 0 Å². The highest BCUT2D eigenvalue weighted by molar-refractivity contribution is 5.69. The maximum Gasteiger partial charge on any atom is 0.306 e. The van der Waals surface area contributed by atoms with E-state index >= 15 is 0 Å². The Morgan fingerprint density at radius 1 is 0.410 bits per heavy atom. The Kier molecular flexibility index (Phi) is 51.6. The lowest BCUT2D eigenvalue weighted by Gasteiger charge is -2.16. The van der Waals surface area contributed by atoms with Crippen molar-refractivity contribution in [1.82, 2.24) is 0 Å². The SMILES string of the molecule is CC/C=C\C/C=C\C/C=C\C/C=C\C/C=C\CCCCCCCCCCCCOCC(CO)OC(=O)CCCCCCCCCCCCC/C=C\C/C=C\CCCCCCC. The van der Waals surface area contributed by atoms with E-state index in [1.54, 1.807) is 0 Å². The van der Waals surface area contributed by atoms with Crippen molar-refractivity contribution < 1.29 is 19.4 Å². The van der Waals surface area contributed by atoms with Gasteiger partial charge in [0.05, 0.1) is 13.2 Å². The molecular weight excluding hydrogens is 749 g/mol. The molecule has 0 aliphatic heterocycles. The van der Waals surface area contributed by atoms with E-state index in [9.17, 15) is 9.90 Å². The van der Waals surface area contributed by atoms with Crippen molar-refractivity contribution in [2.45, 2.75) is 251 Å². The molecule has 0 spiro atoms. The first-order valence-electron chi connectivity index (χ1n) is 26.2. The van der Waals surface area contributed by atoms with Gasteiger partial charge >= 0.3 is 5.97 Å². The summed E-state index contributed by atoms with van der Waals surface area (Å²) in [5.74, 6) is -0.205. The second kappa shape index (κ2) is 53.7. The summed E-state index contributed by atoms with van der Waals surface area (Å²) >= 11 is 0. The number of allylic oxidation sites excluding steroid dienone is 14. The van der Waals surface area contributed by atoms with Gasteiger partial charge in [0.1, 0.15) is 6.10 Å². The maximum absolute atomic E-state index is 12.3. The Labute approximate surface area is 380 Å². The van der Waals surface area contributed by atoms with Crippen molar-refractivity contribution >= 4 is 5.97 Å². The van der Waals surface area contributed by atoms with Gasteiger partial charge in [-0.2, -0.15) is 0 Å². The number of carbonyl (C=O) groups excluding carboxylic acids is 1. The Balaban J connectivity index is 3.44. The molecule has 352 valence electrons. The number of aliphatic hydroxyl groups excluding tert-OH is 1. The first-order chi connectivity index (χ1) is 30.2. The summed E-state index contributed by atoms with van der Waals surface area (Å²) in [5, 5.41) is 9.66. The highest BCUT2D eigenvalue weighted by Crippen LogP contribution is 2.15. The Morgan fingerprint density at radius 2 is 0.738 bits per heavy atom. The standard InChI is InChI=1S/C57H100O4/c1-3-5-7-9-11-13-15-17-19-21-23-25-27-28-29-31-33-35-37-39-41-43-45-47-49-51-53-60-55-56(54-58)61-57(59)52-50-48-46-44-42-40-38-36-34-32-30-26-24-22-20-18-16-14-12-10-8-6-4-2/h5,7,11,13,16-19,22-25,28-29,56,58H,3-4,6,8-10,12,14-15,20-21,26-27,30-55H2,1-2H3/b7-5-,13-11-,18-16-,19-17-,24-22-,25-23-,29-28-. The Morgan fingerprint density at radius 3 is 1.11 bits per heavy atom. The van der Waals surface area contributed by atoms with E-state index in [0.29, 0.717) is 13.0 Å². The molecule has 0 aromatic rings. The molecule has 0 amide bonds. The van der Waals surface area contributed by atoms with Crippen molar-refractivity contribution in [2.75, 3.05) is 19.8 Å². The van der Waals surface area contributed by atoms with Crippen LogP contribution >= 0.6 is 0 Å². The van der Waals surface area contributed by atoms with Crippen LogP contribution in [0.25, 0.3) is 0 Å². The average molecular weight is 849 g/mol. The number of aliphatic hydroxyl groups is 1. The van der Waals surface area contributed by atoms with Crippen LogP contribution in [0.1, 0.15) is 245 Å². The van der Waals surface area contributed by atoms with Gasteiger partial charge < -0.3 is 14.6 Å². The second-order valence-corrected chi connectivity index (χ2v) is 17.2.